The van der Waals surface area contributed by atoms with Gasteiger partial charge in [0.25, 0.3) is 0 Å². The first-order valence-corrected chi connectivity index (χ1v) is 6.90. The van der Waals surface area contributed by atoms with Crippen LogP contribution in [0.15, 0.2) is 0 Å². The first kappa shape index (κ1) is 12.6. The van der Waals surface area contributed by atoms with Crippen LogP contribution in [0.1, 0.15) is 37.3 Å². The summed E-state index contributed by atoms with van der Waals surface area (Å²) in [5.41, 5.74) is -0.869. The SMILES string of the molecule is Cc1nc(C)n(CC(NC2CC2)(C(=O)O)C2CC2)n1. The van der Waals surface area contributed by atoms with E-state index in [0.29, 0.717) is 18.4 Å². The van der Waals surface area contributed by atoms with Crippen LogP contribution in [0.2, 0.25) is 0 Å². The van der Waals surface area contributed by atoms with E-state index >= 15 is 0 Å². The molecule has 2 saturated carbocycles. The van der Waals surface area contributed by atoms with Gasteiger partial charge in [-0.15, -0.1) is 0 Å². The third-order valence-corrected chi connectivity index (χ3v) is 4.06. The summed E-state index contributed by atoms with van der Waals surface area (Å²) in [6.45, 7) is 4.07. The number of hydrogen-bond donors (Lipinski definition) is 2. The second-order valence-electron chi connectivity index (χ2n) is 5.83. The normalized spacial score (nSPS) is 22.2. The number of carboxylic acid groups (broad SMARTS) is 1. The van der Waals surface area contributed by atoms with Crippen molar-refractivity contribution in [3.05, 3.63) is 11.6 Å². The summed E-state index contributed by atoms with van der Waals surface area (Å²) >= 11 is 0. The second kappa shape index (κ2) is 4.30. The Kier molecular flexibility index (Phi) is 2.85. The van der Waals surface area contributed by atoms with Crippen LogP contribution >= 0.6 is 0 Å². The van der Waals surface area contributed by atoms with Crippen LogP contribution in [0.25, 0.3) is 0 Å². The van der Waals surface area contributed by atoms with Crippen LogP contribution in [0.3, 0.4) is 0 Å². The zero-order chi connectivity index (χ0) is 13.6. The van der Waals surface area contributed by atoms with Gasteiger partial charge in [0, 0.05) is 6.04 Å². The molecule has 0 radical (unpaired) electrons. The van der Waals surface area contributed by atoms with E-state index in [1.807, 2.05) is 13.8 Å². The standard InChI is InChI=1S/C13H20N4O2/c1-8-14-9(2)17(16-8)7-13(12(18)19,10-3-4-10)15-11-5-6-11/h10-11,15H,3-7H2,1-2H3,(H,18,19). The lowest BCUT2D eigenvalue weighted by atomic mass is 9.92. The van der Waals surface area contributed by atoms with Crippen LogP contribution < -0.4 is 5.32 Å². The predicted octanol–water partition coefficient (Wildman–Crippen LogP) is 0.880. The van der Waals surface area contributed by atoms with Gasteiger partial charge in [0.2, 0.25) is 0 Å². The van der Waals surface area contributed by atoms with Crippen molar-refractivity contribution in [2.24, 2.45) is 5.92 Å². The molecular formula is C13H20N4O2. The molecule has 2 aliphatic rings. The summed E-state index contributed by atoms with van der Waals surface area (Å²) in [4.78, 5) is 16.1. The van der Waals surface area contributed by atoms with Crippen LogP contribution in [-0.4, -0.2) is 37.4 Å². The molecule has 0 aromatic carbocycles. The van der Waals surface area contributed by atoms with Crippen LogP contribution in [0, 0.1) is 19.8 Å². The number of hydrogen-bond acceptors (Lipinski definition) is 4. The molecule has 19 heavy (non-hydrogen) atoms. The number of nitrogens with one attached hydrogen (secondary N) is 1. The van der Waals surface area contributed by atoms with Crippen molar-refractivity contribution >= 4 is 5.97 Å². The molecule has 1 aromatic heterocycles. The Balaban J connectivity index is 1.89. The molecule has 104 valence electrons. The minimum Gasteiger partial charge on any atom is -0.480 e. The lowest BCUT2D eigenvalue weighted by molar-refractivity contribution is -0.147. The van der Waals surface area contributed by atoms with Gasteiger partial charge in [0.1, 0.15) is 17.2 Å². The Hall–Kier alpha value is -1.43. The molecule has 0 bridgehead atoms. The average Bonchev–Trinajstić information content (AvgIpc) is 3.20. The third-order valence-electron chi connectivity index (χ3n) is 4.06. The minimum absolute atomic E-state index is 0.217. The van der Waals surface area contributed by atoms with Gasteiger partial charge < -0.3 is 5.11 Å². The highest BCUT2D eigenvalue weighted by Gasteiger charge is 2.53. The van der Waals surface area contributed by atoms with Gasteiger partial charge in [0.15, 0.2) is 0 Å². The van der Waals surface area contributed by atoms with Crippen LogP contribution in [-0.2, 0) is 11.3 Å². The van der Waals surface area contributed by atoms with Gasteiger partial charge in [-0.2, -0.15) is 5.10 Å². The van der Waals surface area contributed by atoms with E-state index in [0.717, 1.165) is 31.5 Å². The van der Waals surface area contributed by atoms with E-state index in [1.54, 1.807) is 4.68 Å². The zero-order valence-electron chi connectivity index (χ0n) is 11.4. The summed E-state index contributed by atoms with van der Waals surface area (Å²) in [6, 6.07) is 0.363. The first-order valence-electron chi connectivity index (χ1n) is 6.90. The lowest BCUT2D eigenvalue weighted by Gasteiger charge is -2.31. The van der Waals surface area contributed by atoms with Crippen molar-refractivity contribution in [1.82, 2.24) is 20.1 Å². The van der Waals surface area contributed by atoms with Crippen molar-refractivity contribution in [3.8, 4) is 0 Å². The number of nitrogens with zero attached hydrogens (tertiary/aromatic N) is 3. The third kappa shape index (κ3) is 2.36. The van der Waals surface area contributed by atoms with E-state index < -0.39 is 11.5 Å². The maximum absolute atomic E-state index is 11.9. The fourth-order valence-corrected chi connectivity index (χ4v) is 2.71. The van der Waals surface area contributed by atoms with E-state index in [-0.39, 0.29) is 5.92 Å². The molecular weight excluding hydrogens is 244 g/mol. The van der Waals surface area contributed by atoms with E-state index in [2.05, 4.69) is 15.4 Å². The van der Waals surface area contributed by atoms with Crippen molar-refractivity contribution in [2.75, 3.05) is 0 Å². The lowest BCUT2D eigenvalue weighted by Crippen LogP contribution is -2.58. The number of aliphatic carboxylic acids is 1. The maximum Gasteiger partial charge on any atom is 0.326 e. The number of aromatic nitrogens is 3. The van der Waals surface area contributed by atoms with Crippen molar-refractivity contribution in [1.29, 1.82) is 0 Å². The Morgan fingerprint density at radius 3 is 2.53 bits per heavy atom. The smallest absolute Gasteiger partial charge is 0.326 e. The fraction of sp³-hybridized carbons (Fsp3) is 0.769. The zero-order valence-corrected chi connectivity index (χ0v) is 11.4. The molecule has 2 fully saturated rings. The van der Waals surface area contributed by atoms with Gasteiger partial charge >= 0.3 is 5.97 Å². The molecule has 2 aliphatic carbocycles. The molecule has 6 nitrogen and oxygen atoms in total. The van der Waals surface area contributed by atoms with Crippen molar-refractivity contribution < 1.29 is 9.90 Å². The minimum atomic E-state index is -0.869. The molecule has 0 amide bonds. The molecule has 1 atom stereocenters. The van der Waals surface area contributed by atoms with E-state index in [1.165, 1.54) is 0 Å². The van der Waals surface area contributed by atoms with Gasteiger partial charge in [0.05, 0.1) is 6.54 Å². The van der Waals surface area contributed by atoms with Gasteiger partial charge in [-0.25, -0.2) is 9.67 Å². The predicted molar refractivity (Wildman–Crippen MR) is 68.7 cm³/mol. The first-order chi connectivity index (χ1) is 9.01. The fourth-order valence-electron chi connectivity index (χ4n) is 2.71. The molecule has 3 rings (SSSR count). The Bertz CT molecular complexity index is 505. The molecule has 6 heteroatoms. The molecule has 0 spiro atoms. The molecule has 0 aliphatic heterocycles. The van der Waals surface area contributed by atoms with E-state index in [9.17, 15) is 9.90 Å². The quantitative estimate of drug-likeness (QED) is 0.797. The largest absolute Gasteiger partial charge is 0.480 e. The van der Waals surface area contributed by atoms with Crippen LogP contribution in [0.4, 0.5) is 0 Å². The Morgan fingerprint density at radius 1 is 1.42 bits per heavy atom. The topological polar surface area (TPSA) is 80.0 Å². The molecule has 0 saturated heterocycles. The van der Waals surface area contributed by atoms with Gasteiger partial charge in [-0.05, 0) is 45.4 Å². The average molecular weight is 264 g/mol. The number of carboxylic acids is 1. The monoisotopic (exact) mass is 264 g/mol. The Morgan fingerprint density at radius 2 is 2.11 bits per heavy atom. The maximum atomic E-state index is 11.9. The number of carbonyl (C=O) groups is 1. The highest BCUT2D eigenvalue weighted by Crippen LogP contribution is 2.42. The highest BCUT2D eigenvalue weighted by molar-refractivity contribution is 5.80. The summed E-state index contributed by atoms with van der Waals surface area (Å²) in [6.07, 6.45) is 4.13. The van der Waals surface area contributed by atoms with Gasteiger partial charge in [-0.3, -0.25) is 10.1 Å². The molecule has 1 unspecified atom stereocenters. The van der Waals surface area contributed by atoms with Crippen LogP contribution in [0.5, 0.6) is 0 Å². The summed E-state index contributed by atoms with van der Waals surface area (Å²) in [5.74, 6) is 0.935. The van der Waals surface area contributed by atoms with Gasteiger partial charge in [-0.1, -0.05) is 0 Å². The molecule has 1 heterocycles. The van der Waals surface area contributed by atoms with Crippen molar-refractivity contribution in [3.63, 3.8) is 0 Å². The summed E-state index contributed by atoms with van der Waals surface area (Å²) in [7, 11) is 0. The summed E-state index contributed by atoms with van der Waals surface area (Å²) < 4.78 is 1.73. The Labute approximate surface area is 112 Å². The number of aryl methyl sites for hydroxylation is 2. The second-order valence-corrected chi connectivity index (χ2v) is 5.83. The highest BCUT2D eigenvalue weighted by atomic mass is 16.4. The number of rotatable bonds is 6. The molecule has 2 N–H and O–H groups in total. The molecule has 1 aromatic rings. The van der Waals surface area contributed by atoms with E-state index in [4.69, 9.17) is 0 Å². The summed E-state index contributed by atoms with van der Waals surface area (Å²) in [5, 5.41) is 17.4. The van der Waals surface area contributed by atoms with Crippen molar-refractivity contribution in [2.45, 2.75) is 57.7 Å².